The van der Waals surface area contributed by atoms with Crippen molar-refractivity contribution in [1.82, 2.24) is 0 Å². The van der Waals surface area contributed by atoms with E-state index >= 15 is 0 Å². The van der Waals surface area contributed by atoms with Crippen molar-refractivity contribution in [2.75, 3.05) is 13.2 Å². The Labute approximate surface area is 233 Å². The van der Waals surface area contributed by atoms with E-state index in [1.165, 1.54) is 25.7 Å². The molecule has 0 bridgehead atoms. The minimum atomic E-state index is -0.564. The van der Waals surface area contributed by atoms with Crippen molar-refractivity contribution in [3.05, 3.63) is 12.1 Å². The Morgan fingerprint density at radius 3 is 1.18 bits per heavy atom. The molecule has 1 aromatic rings. The number of hydrogen-bond donors (Lipinski definition) is 0. The van der Waals surface area contributed by atoms with Gasteiger partial charge in [-0.05, 0) is 68.2 Å². The molecular formula is C30H52B2O6. The average molecular weight is 530 g/mol. The molecule has 2 fully saturated rings. The first-order valence-corrected chi connectivity index (χ1v) is 14.9. The van der Waals surface area contributed by atoms with E-state index in [0.717, 1.165) is 48.1 Å². The molecule has 0 unspecified atom stereocenters. The van der Waals surface area contributed by atoms with E-state index in [9.17, 15) is 0 Å². The van der Waals surface area contributed by atoms with Gasteiger partial charge in [0.2, 0.25) is 0 Å². The van der Waals surface area contributed by atoms with Gasteiger partial charge in [-0.15, -0.1) is 0 Å². The molecule has 0 atom stereocenters. The number of ether oxygens (including phenoxy) is 2. The van der Waals surface area contributed by atoms with Gasteiger partial charge in [-0.3, -0.25) is 0 Å². The fourth-order valence-corrected chi connectivity index (χ4v) is 4.58. The average Bonchev–Trinajstić information content (AvgIpc) is 3.17. The van der Waals surface area contributed by atoms with Crippen molar-refractivity contribution in [2.24, 2.45) is 0 Å². The zero-order valence-electron chi connectivity index (χ0n) is 25.8. The zero-order valence-corrected chi connectivity index (χ0v) is 25.8. The lowest BCUT2D eigenvalue weighted by molar-refractivity contribution is 0.00578. The normalized spacial score (nSPS) is 21.2. The van der Waals surface area contributed by atoms with Crippen molar-refractivity contribution in [1.29, 1.82) is 0 Å². The Morgan fingerprint density at radius 1 is 0.526 bits per heavy atom. The highest BCUT2D eigenvalue weighted by Gasteiger charge is 2.55. The first-order chi connectivity index (χ1) is 17.7. The monoisotopic (exact) mass is 530 g/mol. The summed E-state index contributed by atoms with van der Waals surface area (Å²) in [6.45, 7) is 22.3. The molecule has 38 heavy (non-hydrogen) atoms. The maximum atomic E-state index is 6.48. The lowest BCUT2D eigenvalue weighted by Crippen LogP contribution is -2.42. The van der Waals surface area contributed by atoms with Gasteiger partial charge in [-0.2, -0.15) is 0 Å². The van der Waals surface area contributed by atoms with E-state index in [-0.39, 0.29) is 0 Å². The van der Waals surface area contributed by atoms with Crippen molar-refractivity contribution >= 4 is 25.2 Å². The largest absolute Gasteiger partial charge is 0.498 e. The van der Waals surface area contributed by atoms with Gasteiger partial charge >= 0.3 is 14.2 Å². The molecule has 214 valence electrons. The summed E-state index contributed by atoms with van der Waals surface area (Å²) in [5.74, 6) is 1.48. The smallest absolute Gasteiger partial charge is 0.494 e. The summed E-state index contributed by atoms with van der Waals surface area (Å²) in [6.07, 6.45) is 9.10. The molecule has 2 saturated heterocycles. The van der Waals surface area contributed by atoms with Gasteiger partial charge < -0.3 is 28.1 Å². The minimum Gasteiger partial charge on any atom is -0.494 e. The van der Waals surface area contributed by atoms with Gasteiger partial charge in [0.15, 0.2) is 0 Å². The second kappa shape index (κ2) is 12.5. The van der Waals surface area contributed by atoms with Crippen molar-refractivity contribution in [3.8, 4) is 11.5 Å². The summed E-state index contributed by atoms with van der Waals surface area (Å²) in [5.41, 5.74) is -0.155. The van der Waals surface area contributed by atoms with Gasteiger partial charge in [0, 0.05) is 17.0 Å². The van der Waals surface area contributed by atoms with E-state index in [0.29, 0.717) is 13.2 Å². The minimum absolute atomic E-state index is 0.463. The topological polar surface area (TPSA) is 55.4 Å². The Hall–Kier alpha value is -1.21. The van der Waals surface area contributed by atoms with E-state index < -0.39 is 36.6 Å². The second-order valence-corrected chi connectivity index (χ2v) is 12.9. The summed E-state index contributed by atoms with van der Waals surface area (Å²) in [6, 6.07) is 4.06. The van der Waals surface area contributed by atoms with Gasteiger partial charge in [-0.1, -0.05) is 58.4 Å². The molecule has 0 radical (unpaired) electrons. The Kier molecular flexibility index (Phi) is 10.3. The molecule has 2 heterocycles. The number of unbranched alkanes of at least 4 members (excludes halogenated alkanes) is 6. The highest BCUT2D eigenvalue weighted by atomic mass is 16.7. The van der Waals surface area contributed by atoms with Gasteiger partial charge in [0.1, 0.15) is 11.5 Å². The molecule has 2 aliphatic rings. The second-order valence-electron chi connectivity index (χ2n) is 12.9. The Morgan fingerprint density at radius 2 is 0.868 bits per heavy atom. The van der Waals surface area contributed by atoms with Crippen molar-refractivity contribution < 1.29 is 28.1 Å². The molecule has 1 aromatic carbocycles. The number of benzene rings is 1. The third kappa shape index (κ3) is 7.10. The van der Waals surface area contributed by atoms with E-state index in [1.807, 2.05) is 6.07 Å². The maximum absolute atomic E-state index is 6.48. The lowest BCUT2D eigenvalue weighted by Gasteiger charge is -2.32. The Balaban J connectivity index is 1.99. The van der Waals surface area contributed by atoms with Crippen LogP contribution in [0, 0.1) is 0 Å². The SMILES string of the molecule is CCCCCCOc1cc(OCCCCCC)c(B2OC(C)(C)C(C)(C)O2)cc1B1OC(C)(C)C(C)(C)O1. The van der Waals surface area contributed by atoms with E-state index in [2.05, 4.69) is 75.3 Å². The Bertz CT molecular complexity index is 813. The van der Waals surface area contributed by atoms with Crippen LogP contribution in [0.2, 0.25) is 0 Å². The highest BCUT2D eigenvalue weighted by molar-refractivity contribution is 6.67. The summed E-state index contributed by atoms with van der Waals surface area (Å²) in [5, 5.41) is 0. The van der Waals surface area contributed by atoms with Crippen LogP contribution in [0.25, 0.3) is 0 Å². The fourth-order valence-electron chi connectivity index (χ4n) is 4.58. The lowest BCUT2D eigenvalue weighted by atomic mass is 9.70. The van der Waals surface area contributed by atoms with Crippen LogP contribution in [0.4, 0.5) is 0 Å². The van der Waals surface area contributed by atoms with Crippen LogP contribution in [0.5, 0.6) is 11.5 Å². The molecule has 3 rings (SSSR count). The maximum Gasteiger partial charge on any atom is 0.498 e. The first-order valence-electron chi connectivity index (χ1n) is 14.9. The molecule has 6 nitrogen and oxygen atoms in total. The van der Waals surface area contributed by atoms with Crippen LogP contribution in [-0.2, 0) is 18.6 Å². The van der Waals surface area contributed by atoms with Gasteiger partial charge in [0.25, 0.3) is 0 Å². The predicted octanol–water partition coefficient (Wildman–Crippen LogP) is 6.20. The van der Waals surface area contributed by atoms with Crippen molar-refractivity contribution in [3.63, 3.8) is 0 Å². The fraction of sp³-hybridized carbons (Fsp3) is 0.800. The summed E-state index contributed by atoms with van der Waals surface area (Å²) in [7, 11) is -1.13. The first kappa shape index (κ1) is 31.3. The standard InChI is InChI=1S/C30H52B2O6/c1-11-13-15-17-19-33-25-22-26(34-20-18-16-14-12-2)24(32-37-29(7,8)30(9,10)38-32)21-23(25)31-35-27(3,4)28(5,6)36-31/h21-22H,11-20H2,1-10H3. The molecule has 0 spiro atoms. The molecule has 8 heteroatoms. The molecule has 0 saturated carbocycles. The van der Waals surface area contributed by atoms with Crippen LogP contribution < -0.4 is 20.4 Å². The third-order valence-electron chi connectivity index (χ3n) is 8.67. The molecule has 0 amide bonds. The highest BCUT2D eigenvalue weighted by Crippen LogP contribution is 2.39. The van der Waals surface area contributed by atoms with Crippen LogP contribution in [-0.4, -0.2) is 49.9 Å². The van der Waals surface area contributed by atoms with Crippen molar-refractivity contribution in [2.45, 2.75) is 143 Å². The zero-order chi connectivity index (χ0) is 28.2. The van der Waals surface area contributed by atoms with Gasteiger partial charge in [-0.25, -0.2) is 0 Å². The van der Waals surface area contributed by atoms with Crippen LogP contribution in [0.1, 0.15) is 121 Å². The molecule has 2 aliphatic heterocycles. The van der Waals surface area contributed by atoms with Crippen LogP contribution >= 0.6 is 0 Å². The van der Waals surface area contributed by atoms with Crippen LogP contribution in [0.15, 0.2) is 12.1 Å². The number of rotatable bonds is 14. The summed E-state index contributed by atoms with van der Waals surface area (Å²) < 4.78 is 38.7. The van der Waals surface area contributed by atoms with Gasteiger partial charge in [0.05, 0.1) is 35.6 Å². The quantitative estimate of drug-likeness (QED) is 0.211. The third-order valence-corrected chi connectivity index (χ3v) is 8.67. The van der Waals surface area contributed by atoms with E-state index in [1.54, 1.807) is 0 Å². The summed E-state index contributed by atoms with van der Waals surface area (Å²) >= 11 is 0. The molecular weight excluding hydrogens is 478 g/mol. The molecule has 0 aliphatic carbocycles. The van der Waals surface area contributed by atoms with E-state index in [4.69, 9.17) is 28.1 Å². The van der Waals surface area contributed by atoms with Crippen LogP contribution in [0.3, 0.4) is 0 Å². The molecule has 0 N–H and O–H groups in total. The predicted molar refractivity (Wildman–Crippen MR) is 157 cm³/mol. The summed E-state index contributed by atoms with van der Waals surface area (Å²) in [4.78, 5) is 0. The molecule has 0 aromatic heterocycles. The number of hydrogen-bond acceptors (Lipinski definition) is 6.